The molecule has 3 rings (SSSR count). The topological polar surface area (TPSA) is 90.5 Å². The molecular weight excluding hydrogens is 380 g/mol. The molecule has 148 valence electrons. The maximum atomic E-state index is 12.6. The van der Waals surface area contributed by atoms with E-state index in [-0.39, 0.29) is 11.9 Å². The van der Waals surface area contributed by atoms with Crippen molar-refractivity contribution in [2.75, 3.05) is 41.7 Å². The Bertz CT molecular complexity index is 876. The Balaban J connectivity index is 1.62. The number of urea groups is 1. The molecule has 8 nitrogen and oxygen atoms in total. The quantitative estimate of drug-likeness (QED) is 0.823. The summed E-state index contributed by atoms with van der Waals surface area (Å²) in [6, 6.07) is 6.66. The Hall–Kier alpha value is -2.87. The van der Waals surface area contributed by atoms with E-state index in [9.17, 15) is 9.59 Å². The zero-order valence-electron chi connectivity index (χ0n) is 16.1. The number of anilines is 3. The van der Waals surface area contributed by atoms with Crippen LogP contribution in [0.2, 0.25) is 5.02 Å². The van der Waals surface area contributed by atoms with Crippen LogP contribution in [0, 0.1) is 13.8 Å². The van der Waals surface area contributed by atoms with Crippen LogP contribution in [0.4, 0.5) is 22.1 Å². The molecule has 1 aromatic heterocycles. The van der Waals surface area contributed by atoms with Gasteiger partial charge in [-0.15, -0.1) is 0 Å². The molecule has 0 unspecified atom stereocenters. The number of amides is 3. The fourth-order valence-electron chi connectivity index (χ4n) is 3.05. The van der Waals surface area contributed by atoms with E-state index in [0.29, 0.717) is 48.5 Å². The third kappa shape index (κ3) is 4.89. The number of aromatic nitrogens is 2. The predicted octanol–water partition coefficient (Wildman–Crippen LogP) is 3.06. The maximum absolute atomic E-state index is 12.6. The maximum Gasteiger partial charge on any atom is 0.322 e. The number of rotatable bonds is 3. The zero-order chi connectivity index (χ0) is 20.3. The molecule has 1 aliphatic rings. The van der Waals surface area contributed by atoms with Crippen molar-refractivity contribution >= 4 is 40.9 Å². The van der Waals surface area contributed by atoms with E-state index < -0.39 is 0 Å². The molecule has 1 fully saturated rings. The molecule has 2 N–H and O–H groups in total. The van der Waals surface area contributed by atoms with Crippen molar-refractivity contribution in [1.82, 2.24) is 14.9 Å². The standard InChI is InChI=1S/C19H23ClN6O2/c1-12-10-13(2)22-18(21-12)25-6-8-26(9-7-25)19(28)24-17-11-15(23-14(3)27)4-5-16(17)20/h4-5,10-11H,6-9H2,1-3H3,(H,23,27)(H,24,28). The van der Waals surface area contributed by atoms with Crippen LogP contribution >= 0.6 is 11.6 Å². The number of halogens is 1. The average Bonchev–Trinajstić information content (AvgIpc) is 2.63. The van der Waals surface area contributed by atoms with E-state index in [4.69, 9.17) is 11.6 Å². The van der Waals surface area contributed by atoms with Gasteiger partial charge in [-0.3, -0.25) is 4.79 Å². The first-order valence-electron chi connectivity index (χ1n) is 9.02. The fourth-order valence-corrected chi connectivity index (χ4v) is 3.22. The summed E-state index contributed by atoms with van der Waals surface area (Å²) in [5.41, 5.74) is 2.88. The first-order chi connectivity index (χ1) is 13.3. The lowest BCUT2D eigenvalue weighted by molar-refractivity contribution is -0.114. The lowest BCUT2D eigenvalue weighted by Crippen LogP contribution is -2.50. The SMILES string of the molecule is CC(=O)Nc1ccc(Cl)c(NC(=O)N2CCN(c3nc(C)cc(C)n3)CC2)c1. The summed E-state index contributed by atoms with van der Waals surface area (Å²) in [5.74, 6) is 0.507. The molecule has 0 radical (unpaired) electrons. The van der Waals surface area contributed by atoms with Gasteiger partial charge in [-0.25, -0.2) is 14.8 Å². The van der Waals surface area contributed by atoms with Gasteiger partial charge < -0.3 is 20.4 Å². The number of nitrogens with one attached hydrogen (secondary N) is 2. The van der Waals surface area contributed by atoms with Crippen LogP contribution < -0.4 is 15.5 Å². The van der Waals surface area contributed by atoms with Gasteiger partial charge in [0, 0.05) is 50.2 Å². The van der Waals surface area contributed by atoms with Crippen molar-refractivity contribution in [2.24, 2.45) is 0 Å². The summed E-state index contributed by atoms with van der Waals surface area (Å²) < 4.78 is 0. The largest absolute Gasteiger partial charge is 0.337 e. The second-order valence-corrected chi connectivity index (χ2v) is 7.14. The molecule has 28 heavy (non-hydrogen) atoms. The highest BCUT2D eigenvalue weighted by molar-refractivity contribution is 6.33. The summed E-state index contributed by atoms with van der Waals surface area (Å²) in [6.45, 7) is 7.70. The van der Waals surface area contributed by atoms with Crippen molar-refractivity contribution in [2.45, 2.75) is 20.8 Å². The summed E-state index contributed by atoms with van der Waals surface area (Å²) >= 11 is 6.18. The van der Waals surface area contributed by atoms with E-state index in [1.807, 2.05) is 19.9 Å². The van der Waals surface area contributed by atoms with E-state index >= 15 is 0 Å². The minimum atomic E-state index is -0.233. The van der Waals surface area contributed by atoms with E-state index in [0.717, 1.165) is 11.4 Å². The van der Waals surface area contributed by atoms with E-state index in [1.54, 1.807) is 23.1 Å². The fraction of sp³-hybridized carbons (Fsp3) is 0.368. The van der Waals surface area contributed by atoms with Gasteiger partial charge in [-0.1, -0.05) is 11.6 Å². The normalized spacial score (nSPS) is 14.0. The Morgan fingerprint density at radius 2 is 1.64 bits per heavy atom. The summed E-state index contributed by atoms with van der Waals surface area (Å²) in [6.07, 6.45) is 0. The van der Waals surface area contributed by atoms with E-state index in [2.05, 4.69) is 25.5 Å². The third-order valence-electron chi connectivity index (χ3n) is 4.35. The van der Waals surface area contributed by atoms with Gasteiger partial charge in [0.2, 0.25) is 11.9 Å². The predicted molar refractivity (Wildman–Crippen MR) is 110 cm³/mol. The number of piperazine rings is 1. The second-order valence-electron chi connectivity index (χ2n) is 6.73. The van der Waals surface area contributed by atoms with Gasteiger partial charge >= 0.3 is 6.03 Å². The average molecular weight is 403 g/mol. The number of aryl methyl sites for hydroxylation is 2. The van der Waals surface area contributed by atoms with Crippen molar-refractivity contribution < 1.29 is 9.59 Å². The van der Waals surface area contributed by atoms with Crippen LogP contribution in [0.25, 0.3) is 0 Å². The highest BCUT2D eigenvalue weighted by atomic mass is 35.5. The molecule has 1 saturated heterocycles. The van der Waals surface area contributed by atoms with Crippen LogP contribution in [0.15, 0.2) is 24.3 Å². The Morgan fingerprint density at radius 3 is 2.25 bits per heavy atom. The van der Waals surface area contributed by atoms with E-state index in [1.165, 1.54) is 6.92 Å². The zero-order valence-corrected chi connectivity index (χ0v) is 16.9. The Labute approximate surface area is 168 Å². The van der Waals surface area contributed by atoms with Gasteiger partial charge in [0.25, 0.3) is 0 Å². The highest BCUT2D eigenvalue weighted by Gasteiger charge is 2.23. The molecule has 1 aliphatic heterocycles. The van der Waals surface area contributed by atoms with Crippen molar-refractivity contribution in [1.29, 1.82) is 0 Å². The van der Waals surface area contributed by atoms with Crippen molar-refractivity contribution in [3.05, 3.63) is 40.7 Å². The second kappa shape index (κ2) is 8.43. The number of benzene rings is 1. The first-order valence-corrected chi connectivity index (χ1v) is 9.40. The molecule has 2 heterocycles. The van der Waals surface area contributed by atoms with Crippen molar-refractivity contribution in [3.63, 3.8) is 0 Å². The summed E-state index contributed by atoms with van der Waals surface area (Å²) in [5, 5.41) is 5.90. The minimum absolute atomic E-state index is 0.190. The molecule has 2 aromatic rings. The number of hydrogen-bond donors (Lipinski definition) is 2. The van der Waals surface area contributed by atoms with Crippen molar-refractivity contribution in [3.8, 4) is 0 Å². The van der Waals surface area contributed by atoms with Gasteiger partial charge in [-0.05, 0) is 38.1 Å². The molecule has 3 amide bonds. The Kier molecular flexibility index (Phi) is 5.99. The molecule has 0 aliphatic carbocycles. The van der Waals surface area contributed by atoms with Crippen LogP contribution in [0.1, 0.15) is 18.3 Å². The third-order valence-corrected chi connectivity index (χ3v) is 4.68. The summed E-state index contributed by atoms with van der Waals surface area (Å²) in [7, 11) is 0. The smallest absolute Gasteiger partial charge is 0.322 e. The van der Waals surface area contributed by atoms with Crippen LogP contribution in [-0.4, -0.2) is 53.0 Å². The Morgan fingerprint density at radius 1 is 1.00 bits per heavy atom. The monoisotopic (exact) mass is 402 g/mol. The van der Waals surface area contributed by atoms with Gasteiger partial charge in [0.15, 0.2) is 0 Å². The molecule has 1 aromatic carbocycles. The highest BCUT2D eigenvalue weighted by Crippen LogP contribution is 2.26. The number of hydrogen-bond acceptors (Lipinski definition) is 5. The number of nitrogens with zero attached hydrogens (tertiary/aromatic N) is 4. The van der Waals surface area contributed by atoms with Gasteiger partial charge in [0.05, 0.1) is 10.7 Å². The number of carbonyl (C=O) groups is 2. The number of carbonyl (C=O) groups excluding carboxylic acids is 2. The molecule has 9 heteroatoms. The molecule has 0 atom stereocenters. The lowest BCUT2D eigenvalue weighted by Gasteiger charge is -2.34. The first kappa shape index (κ1) is 19.9. The minimum Gasteiger partial charge on any atom is -0.337 e. The van der Waals surface area contributed by atoms with Crippen LogP contribution in [0.5, 0.6) is 0 Å². The molecule has 0 saturated carbocycles. The molecule has 0 spiro atoms. The van der Waals surface area contributed by atoms with Crippen LogP contribution in [-0.2, 0) is 4.79 Å². The lowest BCUT2D eigenvalue weighted by atomic mass is 10.2. The summed E-state index contributed by atoms with van der Waals surface area (Å²) in [4.78, 5) is 36.6. The molecule has 0 bridgehead atoms. The van der Waals surface area contributed by atoms with Crippen LogP contribution in [0.3, 0.4) is 0 Å². The molecular formula is C19H23ClN6O2. The van der Waals surface area contributed by atoms with Gasteiger partial charge in [-0.2, -0.15) is 0 Å². The van der Waals surface area contributed by atoms with Gasteiger partial charge in [0.1, 0.15) is 0 Å².